The molecule has 5 heteroatoms. The fourth-order valence-electron chi connectivity index (χ4n) is 1.49. The van der Waals surface area contributed by atoms with E-state index < -0.39 is 28.8 Å². The number of benzene rings is 1. The molecule has 0 radical (unpaired) electrons. The molecular weight excluding hydrogens is 236 g/mol. The van der Waals surface area contributed by atoms with Crippen LogP contribution in [0.15, 0.2) is 18.2 Å². The third kappa shape index (κ3) is 3.05. The number of carbonyl (C=O) groups is 1. The van der Waals surface area contributed by atoms with E-state index in [1.165, 1.54) is 0 Å². The molecule has 0 N–H and O–H groups in total. The van der Waals surface area contributed by atoms with Gasteiger partial charge in [0.15, 0.2) is 5.78 Å². The summed E-state index contributed by atoms with van der Waals surface area (Å²) < 4.78 is 52.4. The summed E-state index contributed by atoms with van der Waals surface area (Å²) >= 11 is 0. The van der Waals surface area contributed by atoms with Crippen molar-refractivity contribution >= 4 is 5.78 Å². The highest BCUT2D eigenvalue weighted by Crippen LogP contribution is 2.34. The molecular formula is C12H12F4O. The third-order valence-electron chi connectivity index (χ3n) is 2.38. The van der Waals surface area contributed by atoms with E-state index in [9.17, 15) is 22.4 Å². The van der Waals surface area contributed by atoms with Crippen LogP contribution in [0.5, 0.6) is 0 Å². The van der Waals surface area contributed by atoms with E-state index in [0.29, 0.717) is 13.8 Å². The minimum atomic E-state index is -3.23. The number of Topliss-reactive ketones (excluding diaryl/α,β-unsaturated/α-hetero) is 1. The molecule has 0 saturated heterocycles. The Kier molecular flexibility index (Phi) is 3.32. The van der Waals surface area contributed by atoms with Crippen LogP contribution in [-0.4, -0.2) is 5.78 Å². The number of alkyl halides is 4. The summed E-state index contributed by atoms with van der Waals surface area (Å²) in [6.07, 6.45) is 0. The number of halogens is 4. The highest BCUT2D eigenvalue weighted by atomic mass is 19.3. The molecule has 0 aromatic heterocycles. The second-order valence-electron chi connectivity index (χ2n) is 4.09. The standard InChI is InChI=1S/C12H12F4O/c1-7(17)9-6-8(11(2,13)14)4-5-10(9)12(3,15)16/h4-6H,1-3H3. The second-order valence-corrected chi connectivity index (χ2v) is 4.09. The Labute approximate surface area is 96.4 Å². The van der Waals surface area contributed by atoms with Crippen LogP contribution < -0.4 is 0 Å². The van der Waals surface area contributed by atoms with Gasteiger partial charge in [-0.15, -0.1) is 0 Å². The van der Waals surface area contributed by atoms with Gasteiger partial charge >= 0.3 is 0 Å². The van der Waals surface area contributed by atoms with Crippen molar-refractivity contribution in [1.29, 1.82) is 0 Å². The van der Waals surface area contributed by atoms with Crippen LogP contribution in [0.1, 0.15) is 42.3 Å². The summed E-state index contributed by atoms with van der Waals surface area (Å²) in [6.45, 7) is 2.34. The summed E-state index contributed by atoms with van der Waals surface area (Å²) in [5.74, 6) is -7.05. The molecule has 17 heavy (non-hydrogen) atoms. The summed E-state index contributed by atoms with van der Waals surface area (Å²) in [6, 6.07) is 2.62. The summed E-state index contributed by atoms with van der Waals surface area (Å²) in [5.41, 5.74) is -1.34. The first-order valence-electron chi connectivity index (χ1n) is 4.95. The lowest BCUT2D eigenvalue weighted by atomic mass is 9.95. The molecule has 1 aromatic rings. The minimum Gasteiger partial charge on any atom is -0.294 e. The second kappa shape index (κ2) is 4.13. The van der Waals surface area contributed by atoms with Gasteiger partial charge in [0.1, 0.15) is 0 Å². The molecule has 0 unspecified atom stereocenters. The lowest BCUT2D eigenvalue weighted by Gasteiger charge is -2.17. The molecule has 0 saturated carbocycles. The fraction of sp³-hybridized carbons (Fsp3) is 0.417. The quantitative estimate of drug-likeness (QED) is 0.581. The molecule has 0 amide bonds. The molecule has 0 fully saturated rings. The normalized spacial score (nSPS) is 12.6. The fourth-order valence-corrected chi connectivity index (χ4v) is 1.49. The van der Waals surface area contributed by atoms with Gasteiger partial charge in [-0.25, -0.2) is 17.6 Å². The van der Waals surface area contributed by atoms with E-state index in [1.807, 2.05) is 0 Å². The highest BCUT2D eigenvalue weighted by molar-refractivity contribution is 5.96. The van der Waals surface area contributed by atoms with E-state index in [-0.39, 0.29) is 5.56 Å². The van der Waals surface area contributed by atoms with Gasteiger partial charge < -0.3 is 0 Å². The van der Waals surface area contributed by atoms with Crippen LogP contribution >= 0.6 is 0 Å². The summed E-state index contributed by atoms with van der Waals surface area (Å²) in [4.78, 5) is 11.2. The SMILES string of the molecule is CC(=O)c1cc(C(C)(F)F)ccc1C(C)(F)F. The zero-order valence-electron chi connectivity index (χ0n) is 9.65. The highest BCUT2D eigenvalue weighted by Gasteiger charge is 2.32. The lowest BCUT2D eigenvalue weighted by Crippen LogP contribution is -2.16. The molecule has 94 valence electrons. The van der Waals surface area contributed by atoms with Gasteiger partial charge in [-0.1, -0.05) is 12.1 Å². The monoisotopic (exact) mass is 248 g/mol. The molecule has 1 nitrogen and oxygen atoms in total. The Balaban J connectivity index is 3.43. The average Bonchev–Trinajstić information content (AvgIpc) is 2.14. The van der Waals surface area contributed by atoms with Crippen molar-refractivity contribution in [3.63, 3.8) is 0 Å². The van der Waals surface area contributed by atoms with Gasteiger partial charge in [0.25, 0.3) is 11.8 Å². The first-order chi connectivity index (χ1) is 7.53. The van der Waals surface area contributed by atoms with Crippen LogP contribution in [0.2, 0.25) is 0 Å². The maximum Gasteiger partial charge on any atom is 0.271 e. The molecule has 0 atom stereocenters. The molecule has 0 aliphatic heterocycles. The number of carbonyl (C=O) groups excluding carboxylic acids is 1. The van der Waals surface area contributed by atoms with Crippen molar-refractivity contribution in [2.75, 3.05) is 0 Å². The van der Waals surface area contributed by atoms with Crippen molar-refractivity contribution < 1.29 is 22.4 Å². The van der Waals surface area contributed by atoms with E-state index >= 15 is 0 Å². The van der Waals surface area contributed by atoms with E-state index in [0.717, 1.165) is 25.1 Å². The average molecular weight is 248 g/mol. The summed E-state index contributed by atoms with van der Waals surface area (Å²) in [7, 11) is 0. The Morgan fingerprint density at radius 2 is 1.59 bits per heavy atom. The van der Waals surface area contributed by atoms with E-state index in [2.05, 4.69) is 0 Å². The van der Waals surface area contributed by atoms with E-state index in [4.69, 9.17) is 0 Å². The lowest BCUT2D eigenvalue weighted by molar-refractivity contribution is 0.0124. The van der Waals surface area contributed by atoms with Gasteiger partial charge in [0, 0.05) is 30.5 Å². The van der Waals surface area contributed by atoms with Crippen LogP contribution in [0.3, 0.4) is 0 Å². The number of hydrogen-bond acceptors (Lipinski definition) is 1. The minimum absolute atomic E-state index is 0.364. The Morgan fingerprint density at radius 3 is 1.94 bits per heavy atom. The van der Waals surface area contributed by atoms with Crippen molar-refractivity contribution in [3.8, 4) is 0 Å². The maximum absolute atomic E-state index is 13.2. The number of rotatable bonds is 3. The Morgan fingerprint density at radius 1 is 1.06 bits per heavy atom. The first-order valence-corrected chi connectivity index (χ1v) is 4.95. The predicted octanol–water partition coefficient (Wildman–Crippen LogP) is 4.11. The van der Waals surface area contributed by atoms with E-state index in [1.54, 1.807) is 0 Å². The zero-order chi connectivity index (χ0) is 13.4. The maximum atomic E-state index is 13.2. The van der Waals surface area contributed by atoms with Crippen LogP contribution in [0, 0.1) is 0 Å². The molecule has 0 bridgehead atoms. The van der Waals surface area contributed by atoms with Gasteiger partial charge in [-0.3, -0.25) is 4.79 Å². The van der Waals surface area contributed by atoms with Crippen LogP contribution in [-0.2, 0) is 11.8 Å². The van der Waals surface area contributed by atoms with Gasteiger partial charge in [-0.2, -0.15) is 0 Å². The smallest absolute Gasteiger partial charge is 0.271 e. The van der Waals surface area contributed by atoms with Crippen LogP contribution in [0.4, 0.5) is 17.6 Å². The Hall–Kier alpha value is -1.39. The largest absolute Gasteiger partial charge is 0.294 e. The number of ketones is 1. The van der Waals surface area contributed by atoms with Crippen LogP contribution in [0.25, 0.3) is 0 Å². The third-order valence-corrected chi connectivity index (χ3v) is 2.38. The van der Waals surface area contributed by atoms with Gasteiger partial charge in [0.2, 0.25) is 0 Å². The molecule has 0 spiro atoms. The number of hydrogen-bond donors (Lipinski definition) is 0. The molecule has 1 aromatic carbocycles. The first kappa shape index (κ1) is 13.7. The van der Waals surface area contributed by atoms with Crippen molar-refractivity contribution in [1.82, 2.24) is 0 Å². The van der Waals surface area contributed by atoms with Gasteiger partial charge in [0.05, 0.1) is 0 Å². The van der Waals surface area contributed by atoms with Crippen molar-refractivity contribution in [2.24, 2.45) is 0 Å². The Bertz CT molecular complexity index is 441. The van der Waals surface area contributed by atoms with Crippen molar-refractivity contribution in [3.05, 3.63) is 34.9 Å². The topological polar surface area (TPSA) is 17.1 Å². The molecule has 0 aliphatic carbocycles. The summed E-state index contributed by atoms with van der Waals surface area (Å²) in [5, 5.41) is 0. The van der Waals surface area contributed by atoms with Crippen molar-refractivity contribution in [2.45, 2.75) is 32.6 Å². The van der Waals surface area contributed by atoms with Gasteiger partial charge in [-0.05, 0) is 13.0 Å². The zero-order valence-corrected chi connectivity index (χ0v) is 9.65. The molecule has 0 heterocycles. The molecule has 1 rings (SSSR count). The predicted molar refractivity (Wildman–Crippen MR) is 55.6 cm³/mol. The molecule has 0 aliphatic rings.